The smallest absolute Gasteiger partial charge is 0.258 e. The molecule has 1 aliphatic heterocycles. The summed E-state index contributed by atoms with van der Waals surface area (Å²) < 4.78 is 0. The summed E-state index contributed by atoms with van der Waals surface area (Å²) >= 11 is 0. The third-order valence-corrected chi connectivity index (χ3v) is 4.93. The van der Waals surface area contributed by atoms with Crippen LogP contribution in [0.3, 0.4) is 0 Å². The monoisotopic (exact) mass is 394 g/mol. The van der Waals surface area contributed by atoms with Crippen molar-refractivity contribution in [2.24, 2.45) is 0 Å². The fourth-order valence-electron chi connectivity index (χ4n) is 3.58. The molecule has 5 nitrogen and oxygen atoms in total. The second-order valence-electron chi connectivity index (χ2n) is 7.50. The van der Waals surface area contributed by atoms with Crippen LogP contribution >= 0.6 is 0 Å². The molecule has 30 heavy (non-hydrogen) atoms. The molecule has 3 aromatic carbocycles. The van der Waals surface area contributed by atoms with E-state index in [-0.39, 0.29) is 5.91 Å². The number of carbonyl (C=O) groups is 1. The van der Waals surface area contributed by atoms with Gasteiger partial charge in [0.25, 0.3) is 5.91 Å². The molecule has 0 spiro atoms. The van der Waals surface area contributed by atoms with Crippen molar-refractivity contribution in [3.63, 3.8) is 0 Å². The lowest BCUT2D eigenvalue weighted by atomic mass is 9.99. The summed E-state index contributed by atoms with van der Waals surface area (Å²) in [6.45, 7) is 0.865. The van der Waals surface area contributed by atoms with Gasteiger partial charge in [0.2, 0.25) is 0 Å². The minimum absolute atomic E-state index is 0.185. The van der Waals surface area contributed by atoms with E-state index in [2.05, 4.69) is 33.7 Å². The highest BCUT2D eigenvalue weighted by molar-refractivity contribution is 6.37. The molecule has 0 unspecified atom stereocenters. The first kappa shape index (κ1) is 19.4. The summed E-state index contributed by atoms with van der Waals surface area (Å²) in [4.78, 5) is 15.0. The molecule has 4 rings (SSSR count). The van der Waals surface area contributed by atoms with Crippen LogP contribution in [-0.2, 0) is 11.3 Å². The van der Waals surface area contributed by atoms with Gasteiger partial charge in [0, 0.05) is 17.8 Å². The van der Waals surface area contributed by atoms with Crippen molar-refractivity contribution in [1.82, 2.24) is 4.90 Å². The van der Waals surface area contributed by atoms with Crippen LogP contribution in [0.4, 0.5) is 11.4 Å². The van der Waals surface area contributed by atoms with Gasteiger partial charge in [-0.05, 0) is 49.5 Å². The van der Waals surface area contributed by atoms with Crippen molar-refractivity contribution >= 4 is 28.6 Å². The zero-order valence-corrected chi connectivity index (χ0v) is 16.9. The van der Waals surface area contributed by atoms with E-state index >= 15 is 0 Å². The molecule has 0 aliphatic carbocycles. The number of amides is 1. The SMILES string of the molecule is CN(C)Cc1ccc(NC(=C2C(=O)Nc3cc(C#N)ccc32)c2ccccc2)cc1. The van der Waals surface area contributed by atoms with Gasteiger partial charge >= 0.3 is 0 Å². The Kier molecular flexibility index (Phi) is 5.34. The Balaban J connectivity index is 1.79. The quantitative estimate of drug-likeness (QED) is 0.623. The maximum absolute atomic E-state index is 12.9. The number of fused-ring (bicyclic) bond motifs is 1. The Morgan fingerprint density at radius 1 is 1.03 bits per heavy atom. The summed E-state index contributed by atoms with van der Waals surface area (Å²) in [6.07, 6.45) is 0. The lowest BCUT2D eigenvalue weighted by Crippen LogP contribution is -2.11. The molecule has 0 aromatic heterocycles. The van der Waals surface area contributed by atoms with Crippen molar-refractivity contribution in [2.45, 2.75) is 6.54 Å². The Bertz CT molecular complexity index is 1160. The third kappa shape index (κ3) is 3.95. The second-order valence-corrected chi connectivity index (χ2v) is 7.50. The van der Waals surface area contributed by atoms with Crippen molar-refractivity contribution in [2.75, 3.05) is 24.7 Å². The summed E-state index contributed by atoms with van der Waals surface area (Å²) in [6, 6.07) is 25.4. The molecule has 1 aliphatic rings. The molecule has 0 fully saturated rings. The number of nitrogens with one attached hydrogen (secondary N) is 2. The van der Waals surface area contributed by atoms with E-state index in [1.54, 1.807) is 12.1 Å². The topological polar surface area (TPSA) is 68.2 Å². The Morgan fingerprint density at radius 2 is 1.77 bits per heavy atom. The van der Waals surface area contributed by atoms with E-state index in [0.717, 1.165) is 29.1 Å². The average Bonchev–Trinajstić information content (AvgIpc) is 3.08. The van der Waals surface area contributed by atoms with Gasteiger partial charge in [0.1, 0.15) is 0 Å². The van der Waals surface area contributed by atoms with Crippen molar-refractivity contribution in [3.05, 3.63) is 95.1 Å². The number of carbonyl (C=O) groups excluding carboxylic acids is 1. The van der Waals surface area contributed by atoms with Crippen LogP contribution < -0.4 is 10.6 Å². The molecule has 0 radical (unpaired) electrons. The molecule has 5 heteroatoms. The fourth-order valence-corrected chi connectivity index (χ4v) is 3.58. The third-order valence-electron chi connectivity index (χ3n) is 4.93. The maximum Gasteiger partial charge on any atom is 0.258 e. The lowest BCUT2D eigenvalue weighted by molar-refractivity contribution is -0.110. The van der Waals surface area contributed by atoms with Gasteiger partial charge in [-0.3, -0.25) is 4.79 Å². The van der Waals surface area contributed by atoms with Crippen LogP contribution in [-0.4, -0.2) is 24.9 Å². The van der Waals surface area contributed by atoms with Gasteiger partial charge in [-0.25, -0.2) is 0 Å². The van der Waals surface area contributed by atoms with Gasteiger partial charge in [-0.15, -0.1) is 0 Å². The Hall–Kier alpha value is -3.88. The van der Waals surface area contributed by atoms with Crippen molar-refractivity contribution < 1.29 is 4.79 Å². The van der Waals surface area contributed by atoms with Crippen LogP contribution in [0, 0.1) is 11.3 Å². The first-order valence-corrected chi connectivity index (χ1v) is 9.71. The number of nitrogens with zero attached hydrogens (tertiary/aromatic N) is 2. The highest BCUT2D eigenvalue weighted by Gasteiger charge is 2.28. The van der Waals surface area contributed by atoms with Crippen molar-refractivity contribution in [1.29, 1.82) is 5.26 Å². The molecule has 0 saturated carbocycles. The first-order valence-electron chi connectivity index (χ1n) is 9.71. The zero-order chi connectivity index (χ0) is 21.1. The number of hydrogen-bond donors (Lipinski definition) is 2. The van der Waals surface area contributed by atoms with E-state index in [1.165, 1.54) is 5.56 Å². The van der Waals surface area contributed by atoms with Crippen molar-refractivity contribution in [3.8, 4) is 6.07 Å². The molecular weight excluding hydrogens is 372 g/mol. The van der Waals surface area contributed by atoms with Crippen LogP contribution in [0.5, 0.6) is 0 Å². The van der Waals surface area contributed by atoms with E-state index in [9.17, 15) is 4.79 Å². The van der Waals surface area contributed by atoms with Gasteiger partial charge in [0.05, 0.1) is 28.6 Å². The van der Waals surface area contributed by atoms with Gasteiger partial charge in [-0.2, -0.15) is 5.26 Å². The van der Waals surface area contributed by atoms with E-state index in [1.807, 2.05) is 62.6 Å². The molecule has 2 N–H and O–H groups in total. The van der Waals surface area contributed by atoms with Crippen LogP contribution in [0.2, 0.25) is 0 Å². The fraction of sp³-hybridized carbons (Fsp3) is 0.120. The summed E-state index contributed by atoms with van der Waals surface area (Å²) in [5.41, 5.74) is 6.29. The number of benzene rings is 3. The summed E-state index contributed by atoms with van der Waals surface area (Å²) in [7, 11) is 4.08. The normalized spacial score (nSPS) is 14.1. The highest BCUT2D eigenvalue weighted by atomic mass is 16.2. The van der Waals surface area contributed by atoms with Crippen LogP contribution in [0.1, 0.15) is 22.3 Å². The van der Waals surface area contributed by atoms with Gasteiger partial charge in [-0.1, -0.05) is 48.5 Å². The highest BCUT2D eigenvalue weighted by Crippen LogP contribution is 2.38. The number of rotatable bonds is 5. The van der Waals surface area contributed by atoms with Gasteiger partial charge in [0.15, 0.2) is 0 Å². The molecule has 0 saturated heterocycles. The molecule has 1 amide bonds. The summed E-state index contributed by atoms with van der Waals surface area (Å²) in [5.74, 6) is -0.185. The maximum atomic E-state index is 12.9. The summed E-state index contributed by atoms with van der Waals surface area (Å²) in [5, 5.41) is 15.5. The number of anilines is 2. The van der Waals surface area contributed by atoms with E-state index < -0.39 is 0 Å². The van der Waals surface area contributed by atoms with E-state index in [0.29, 0.717) is 16.8 Å². The zero-order valence-electron chi connectivity index (χ0n) is 16.9. The average molecular weight is 394 g/mol. The molecule has 148 valence electrons. The predicted molar refractivity (Wildman–Crippen MR) is 120 cm³/mol. The molecule has 0 atom stereocenters. The standard InChI is InChI=1S/C25H22N4O/c1-29(2)16-17-8-11-20(12-9-17)27-24(19-6-4-3-5-7-19)23-21-13-10-18(15-26)14-22(21)28-25(23)30/h3-14,27H,16H2,1-2H3,(H,28,30). The largest absolute Gasteiger partial charge is 0.354 e. The lowest BCUT2D eigenvalue weighted by Gasteiger charge is -2.16. The predicted octanol–water partition coefficient (Wildman–Crippen LogP) is 4.55. The van der Waals surface area contributed by atoms with Gasteiger partial charge < -0.3 is 15.5 Å². The van der Waals surface area contributed by atoms with Crippen LogP contribution in [0.25, 0.3) is 11.3 Å². The molecule has 0 bridgehead atoms. The molecule has 1 heterocycles. The number of hydrogen-bond acceptors (Lipinski definition) is 4. The molecular formula is C25H22N4O. The first-order chi connectivity index (χ1) is 14.5. The Labute approximate surface area is 176 Å². The second kappa shape index (κ2) is 8.24. The van der Waals surface area contributed by atoms with E-state index in [4.69, 9.17) is 5.26 Å². The Morgan fingerprint density at radius 3 is 2.43 bits per heavy atom. The minimum atomic E-state index is -0.185. The minimum Gasteiger partial charge on any atom is -0.354 e. The molecule has 3 aromatic rings. The number of nitriles is 1. The van der Waals surface area contributed by atoms with Crippen LogP contribution in [0.15, 0.2) is 72.8 Å².